The van der Waals surface area contributed by atoms with Crippen LogP contribution < -0.4 is 5.43 Å². The third kappa shape index (κ3) is 5.09. The number of para-hydroxylation sites is 1. The molecule has 4 rings (SSSR count). The van der Waals surface area contributed by atoms with Gasteiger partial charge < -0.3 is 4.57 Å². The van der Waals surface area contributed by atoms with Crippen LogP contribution in [0.15, 0.2) is 88.6 Å². The standard InChI is InChI=1S/C24H19BrN4O3/c25-20-9-5-17(6-10-20)13-24(30)27-26-14-19-16-28(23-4-2-1-3-22(19)23)15-18-7-11-21(12-8-18)29(31)32/h1-12,14,16H,13,15H2,(H,27,30)/b26-14+. The molecule has 32 heavy (non-hydrogen) atoms. The second-order valence-corrected chi connectivity index (χ2v) is 8.17. The number of rotatable bonds is 7. The van der Waals surface area contributed by atoms with Gasteiger partial charge in [-0.3, -0.25) is 14.9 Å². The van der Waals surface area contributed by atoms with Crippen LogP contribution in [0, 0.1) is 10.1 Å². The molecule has 1 amide bonds. The zero-order valence-electron chi connectivity index (χ0n) is 16.9. The zero-order valence-corrected chi connectivity index (χ0v) is 18.5. The molecule has 1 heterocycles. The van der Waals surface area contributed by atoms with E-state index in [0.29, 0.717) is 6.54 Å². The Morgan fingerprint density at radius 3 is 2.44 bits per heavy atom. The number of non-ortho nitro benzene ring substituents is 1. The summed E-state index contributed by atoms with van der Waals surface area (Å²) >= 11 is 3.38. The van der Waals surface area contributed by atoms with Crippen LogP contribution in [0.5, 0.6) is 0 Å². The molecule has 0 bridgehead atoms. The van der Waals surface area contributed by atoms with Gasteiger partial charge in [0.1, 0.15) is 0 Å². The largest absolute Gasteiger partial charge is 0.342 e. The Hall–Kier alpha value is -3.78. The minimum absolute atomic E-state index is 0.0674. The van der Waals surface area contributed by atoms with Gasteiger partial charge in [0.25, 0.3) is 5.69 Å². The number of aromatic nitrogens is 1. The molecule has 0 atom stereocenters. The highest BCUT2D eigenvalue weighted by atomic mass is 79.9. The van der Waals surface area contributed by atoms with Crippen LogP contribution in [0.1, 0.15) is 16.7 Å². The van der Waals surface area contributed by atoms with E-state index in [2.05, 4.69) is 31.0 Å². The van der Waals surface area contributed by atoms with E-state index >= 15 is 0 Å². The SMILES string of the molecule is O=C(Cc1ccc(Br)cc1)N/N=C/c1cn(Cc2ccc([N+](=O)[O-])cc2)c2ccccc12. The fourth-order valence-electron chi connectivity index (χ4n) is 3.43. The van der Waals surface area contributed by atoms with Crippen LogP contribution in [0.3, 0.4) is 0 Å². The number of carbonyl (C=O) groups is 1. The van der Waals surface area contributed by atoms with Crippen molar-refractivity contribution in [1.82, 2.24) is 9.99 Å². The number of nitro groups is 1. The minimum Gasteiger partial charge on any atom is -0.342 e. The van der Waals surface area contributed by atoms with E-state index in [1.807, 2.05) is 54.7 Å². The smallest absolute Gasteiger partial charge is 0.269 e. The molecule has 1 aromatic heterocycles. The number of benzene rings is 3. The molecule has 0 spiro atoms. The van der Waals surface area contributed by atoms with Crippen molar-refractivity contribution in [3.63, 3.8) is 0 Å². The molecular weight excluding hydrogens is 472 g/mol. The molecule has 3 aromatic carbocycles. The van der Waals surface area contributed by atoms with Crippen molar-refractivity contribution in [3.8, 4) is 0 Å². The maximum atomic E-state index is 12.2. The van der Waals surface area contributed by atoms with E-state index in [0.717, 1.165) is 32.1 Å². The number of nitrogens with zero attached hydrogens (tertiary/aromatic N) is 3. The molecular formula is C24H19BrN4O3. The monoisotopic (exact) mass is 490 g/mol. The summed E-state index contributed by atoms with van der Waals surface area (Å²) in [4.78, 5) is 22.6. The van der Waals surface area contributed by atoms with Gasteiger partial charge in [0, 0.05) is 45.8 Å². The molecule has 0 aliphatic carbocycles. The van der Waals surface area contributed by atoms with E-state index in [4.69, 9.17) is 0 Å². The first-order valence-electron chi connectivity index (χ1n) is 9.87. The van der Waals surface area contributed by atoms with Gasteiger partial charge in [0.05, 0.1) is 17.6 Å². The number of hydrogen-bond donors (Lipinski definition) is 1. The molecule has 4 aromatic rings. The first-order valence-corrected chi connectivity index (χ1v) is 10.7. The molecule has 0 saturated heterocycles. The van der Waals surface area contributed by atoms with Gasteiger partial charge in [-0.1, -0.05) is 58.4 Å². The van der Waals surface area contributed by atoms with Crippen LogP contribution >= 0.6 is 15.9 Å². The summed E-state index contributed by atoms with van der Waals surface area (Å²) in [5.74, 6) is -0.196. The molecule has 0 fully saturated rings. The Balaban J connectivity index is 1.48. The molecule has 1 N–H and O–H groups in total. The predicted molar refractivity (Wildman–Crippen MR) is 128 cm³/mol. The fourth-order valence-corrected chi connectivity index (χ4v) is 3.69. The van der Waals surface area contributed by atoms with E-state index in [1.165, 1.54) is 12.1 Å². The summed E-state index contributed by atoms with van der Waals surface area (Å²) in [5.41, 5.74) is 6.37. The zero-order chi connectivity index (χ0) is 22.5. The Bertz CT molecular complexity index is 1300. The summed E-state index contributed by atoms with van der Waals surface area (Å²) < 4.78 is 3.02. The predicted octanol–water partition coefficient (Wildman–Crippen LogP) is 5.05. The summed E-state index contributed by atoms with van der Waals surface area (Å²) in [7, 11) is 0. The van der Waals surface area contributed by atoms with Gasteiger partial charge in [-0.05, 0) is 29.3 Å². The number of fused-ring (bicyclic) bond motifs is 1. The van der Waals surface area contributed by atoms with Crippen LogP contribution in [0.4, 0.5) is 5.69 Å². The third-order valence-electron chi connectivity index (χ3n) is 4.99. The Morgan fingerprint density at radius 2 is 1.72 bits per heavy atom. The molecule has 0 radical (unpaired) electrons. The van der Waals surface area contributed by atoms with E-state index in [1.54, 1.807) is 18.3 Å². The summed E-state index contributed by atoms with van der Waals surface area (Å²) in [5, 5.41) is 16.0. The van der Waals surface area contributed by atoms with Crippen LogP contribution in [-0.4, -0.2) is 21.6 Å². The molecule has 0 saturated carbocycles. The van der Waals surface area contributed by atoms with Crippen molar-refractivity contribution in [3.05, 3.63) is 110 Å². The quantitative estimate of drug-likeness (QED) is 0.223. The maximum Gasteiger partial charge on any atom is 0.269 e. The van der Waals surface area contributed by atoms with Crippen molar-refractivity contribution in [1.29, 1.82) is 0 Å². The lowest BCUT2D eigenvalue weighted by Crippen LogP contribution is -2.19. The van der Waals surface area contributed by atoms with Crippen molar-refractivity contribution in [2.75, 3.05) is 0 Å². The molecule has 0 aliphatic heterocycles. The highest BCUT2D eigenvalue weighted by Gasteiger charge is 2.09. The third-order valence-corrected chi connectivity index (χ3v) is 5.52. The first-order chi connectivity index (χ1) is 15.5. The number of hydrogen-bond acceptors (Lipinski definition) is 4. The number of carbonyl (C=O) groups excluding carboxylic acids is 1. The fraction of sp³-hybridized carbons (Fsp3) is 0.0833. The van der Waals surface area contributed by atoms with Gasteiger partial charge in [-0.25, -0.2) is 5.43 Å². The van der Waals surface area contributed by atoms with Gasteiger partial charge >= 0.3 is 0 Å². The molecule has 8 heteroatoms. The lowest BCUT2D eigenvalue weighted by Gasteiger charge is -2.05. The van der Waals surface area contributed by atoms with Crippen molar-refractivity contribution < 1.29 is 9.72 Å². The van der Waals surface area contributed by atoms with Crippen LogP contribution in [0.25, 0.3) is 10.9 Å². The van der Waals surface area contributed by atoms with Gasteiger partial charge in [0.15, 0.2) is 0 Å². The first kappa shape index (κ1) is 21.5. The van der Waals surface area contributed by atoms with Gasteiger partial charge in [0.2, 0.25) is 5.91 Å². The highest BCUT2D eigenvalue weighted by Crippen LogP contribution is 2.22. The van der Waals surface area contributed by atoms with Gasteiger partial charge in [-0.15, -0.1) is 0 Å². The lowest BCUT2D eigenvalue weighted by molar-refractivity contribution is -0.384. The normalized spacial score (nSPS) is 11.2. The minimum atomic E-state index is -0.408. The average Bonchev–Trinajstić information content (AvgIpc) is 3.13. The molecule has 0 unspecified atom stereocenters. The number of halogens is 1. The van der Waals surface area contributed by atoms with E-state index in [-0.39, 0.29) is 18.0 Å². The molecule has 0 aliphatic rings. The summed E-state index contributed by atoms with van der Waals surface area (Å²) in [6.07, 6.45) is 3.83. The molecule has 7 nitrogen and oxygen atoms in total. The maximum absolute atomic E-state index is 12.2. The number of hydrazone groups is 1. The molecule has 160 valence electrons. The van der Waals surface area contributed by atoms with Crippen molar-refractivity contribution in [2.24, 2.45) is 5.10 Å². The topological polar surface area (TPSA) is 89.5 Å². The Labute approximate surface area is 192 Å². The van der Waals surface area contributed by atoms with Crippen LogP contribution in [0.2, 0.25) is 0 Å². The van der Waals surface area contributed by atoms with E-state index in [9.17, 15) is 14.9 Å². The lowest BCUT2D eigenvalue weighted by atomic mass is 10.1. The summed E-state index contributed by atoms with van der Waals surface area (Å²) in [6.45, 7) is 0.558. The Morgan fingerprint density at radius 1 is 1.03 bits per heavy atom. The highest BCUT2D eigenvalue weighted by molar-refractivity contribution is 9.10. The second kappa shape index (κ2) is 9.57. The Kier molecular flexibility index (Phi) is 6.42. The summed E-state index contributed by atoms with van der Waals surface area (Å²) in [6, 6.07) is 22.0. The number of nitro benzene ring substituents is 1. The second-order valence-electron chi connectivity index (χ2n) is 7.25. The van der Waals surface area contributed by atoms with Crippen molar-refractivity contribution in [2.45, 2.75) is 13.0 Å². The average molecular weight is 491 g/mol. The number of nitrogens with one attached hydrogen (secondary N) is 1. The van der Waals surface area contributed by atoms with E-state index < -0.39 is 4.92 Å². The van der Waals surface area contributed by atoms with Crippen LogP contribution in [-0.2, 0) is 17.8 Å². The number of amides is 1. The van der Waals surface area contributed by atoms with Crippen molar-refractivity contribution >= 4 is 44.6 Å². The van der Waals surface area contributed by atoms with Gasteiger partial charge in [-0.2, -0.15) is 5.10 Å².